The van der Waals surface area contributed by atoms with Gasteiger partial charge in [0.1, 0.15) is 5.75 Å². The normalized spacial score (nSPS) is 11.1. The molecule has 3 rings (SSSR count). The molecule has 2 aromatic carbocycles. The first-order chi connectivity index (χ1) is 12.5. The monoisotopic (exact) mass is 351 g/mol. The van der Waals surface area contributed by atoms with Gasteiger partial charge in [-0.15, -0.1) is 0 Å². The summed E-state index contributed by atoms with van der Waals surface area (Å²) >= 11 is 0. The summed E-state index contributed by atoms with van der Waals surface area (Å²) in [7, 11) is 5.71. The maximum atomic E-state index is 12.7. The number of carbonyl (C=O) groups excluding carboxylic acids is 1. The van der Waals surface area contributed by atoms with Crippen LogP contribution in [0.25, 0.3) is 10.9 Å². The van der Waals surface area contributed by atoms with E-state index in [9.17, 15) is 4.79 Å². The average Bonchev–Trinajstić information content (AvgIpc) is 3.02. The highest BCUT2D eigenvalue weighted by Gasteiger charge is 2.13. The van der Waals surface area contributed by atoms with Gasteiger partial charge in [-0.25, -0.2) is 0 Å². The predicted molar refractivity (Wildman–Crippen MR) is 106 cm³/mol. The second kappa shape index (κ2) is 7.62. The van der Waals surface area contributed by atoms with Crippen molar-refractivity contribution in [3.05, 3.63) is 59.8 Å². The minimum Gasteiger partial charge on any atom is -0.496 e. The van der Waals surface area contributed by atoms with E-state index in [0.717, 1.165) is 35.2 Å². The van der Waals surface area contributed by atoms with E-state index < -0.39 is 0 Å². The van der Waals surface area contributed by atoms with E-state index in [0.29, 0.717) is 11.3 Å². The molecule has 0 atom stereocenters. The third kappa shape index (κ3) is 3.89. The van der Waals surface area contributed by atoms with Crippen molar-refractivity contribution in [2.75, 3.05) is 33.1 Å². The molecule has 1 N–H and O–H groups in total. The number of ether oxygens (including phenoxy) is 1. The fraction of sp³-hybridized carbons (Fsp3) is 0.286. The number of anilines is 1. The first kappa shape index (κ1) is 18.0. The van der Waals surface area contributed by atoms with Gasteiger partial charge in [0.25, 0.3) is 5.91 Å². The first-order valence-electron chi connectivity index (χ1n) is 8.67. The number of nitrogens with zero attached hydrogens (tertiary/aromatic N) is 2. The summed E-state index contributed by atoms with van der Waals surface area (Å²) in [5.74, 6) is 0.404. The number of amides is 1. The number of rotatable bonds is 6. The summed E-state index contributed by atoms with van der Waals surface area (Å²) in [6.07, 6.45) is 2.09. The Labute approximate surface area is 154 Å². The molecule has 1 amide bonds. The van der Waals surface area contributed by atoms with Crippen LogP contribution >= 0.6 is 0 Å². The van der Waals surface area contributed by atoms with Crippen molar-refractivity contribution in [3.63, 3.8) is 0 Å². The van der Waals surface area contributed by atoms with Crippen molar-refractivity contribution in [1.82, 2.24) is 9.47 Å². The topological polar surface area (TPSA) is 46.5 Å². The molecule has 26 heavy (non-hydrogen) atoms. The Morgan fingerprint density at radius 3 is 2.69 bits per heavy atom. The molecule has 0 unspecified atom stereocenters. The van der Waals surface area contributed by atoms with E-state index in [-0.39, 0.29) is 5.91 Å². The summed E-state index contributed by atoms with van der Waals surface area (Å²) < 4.78 is 7.54. The van der Waals surface area contributed by atoms with Crippen LogP contribution in [-0.2, 0) is 6.54 Å². The summed E-state index contributed by atoms with van der Waals surface area (Å²) in [5, 5.41) is 4.08. The van der Waals surface area contributed by atoms with E-state index in [1.807, 2.05) is 43.3 Å². The molecule has 0 aliphatic rings. The van der Waals surface area contributed by atoms with Crippen LogP contribution in [-0.4, -0.2) is 43.1 Å². The molecule has 0 radical (unpaired) electrons. The predicted octanol–water partition coefficient (Wildman–Crippen LogP) is 3.77. The highest BCUT2D eigenvalue weighted by atomic mass is 16.5. The van der Waals surface area contributed by atoms with Gasteiger partial charge in [-0.2, -0.15) is 0 Å². The van der Waals surface area contributed by atoms with Crippen LogP contribution in [0.3, 0.4) is 0 Å². The molecule has 0 saturated carbocycles. The number of hydrogen-bond donors (Lipinski definition) is 1. The number of fused-ring (bicyclic) bond motifs is 1. The van der Waals surface area contributed by atoms with Crippen molar-refractivity contribution in [3.8, 4) is 5.75 Å². The second-order valence-corrected chi connectivity index (χ2v) is 6.74. The molecule has 1 aromatic heterocycles. The number of likely N-dealkylation sites (N-methyl/N-ethyl adjacent to an activating group) is 1. The highest BCUT2D eigenvalue weighted by Crippen LogP contribution is 2.24. The van der Waals surface area contributed by atoms with E-state index in [1.165, 1.54) is 0 Å². The van der Waals surface area contributed by atoms with Crippen LogP contribution in [0.1, 0.15) is 15.9 Å². The van der Waals surface area contributed by atoms with Crippen molar-refractivity contribution in [1.29, 1.82) is 0 Å². The standard InChI is InChI=1S/C21H25N3O2/c1-15-5-8-20(26-4)18(13-15)21(25)22-17-6-7-19-16(14-17)9-10-24(19)12-11-23(2)3/h5-10,13-14H,11-12H2,1-4H3,(H,22,25). The van der Waals surface area contributed by atoms with Gasteiger partial charge in [0.15, 0.2) is 0 Å². The summed E-state index contributed by atoms with van der Waals surface area (Å²) in [5.41, 5.74) is 3.50. The van der Waals surface area contributed by atoms with Gasteiger partial charge in [-0.3, -0.25) is 4.79 Å². The zero-order chi connectivity index (χ0) is 18.7. The molecule has 0 spiro atoms. The Bertz CT molecular complexity index is 928. The Morgan fingerprint density at radius 1 is 1.15 bits per heavy atom. The molecule has 5 nitrogen and oxygen atoms in total. The molecule has 1 heterocycles. The van der Waals surface area contributed by atoms with E-state index in [1.54, 1.807) is 7.11 Å². The molecule has 3 aromatic rings. The number of hydrogen-bond acceptors (Lipinski definition) is 3. The van der Waals surface area contributed by atoms with Gasteiger partial charge in [-0.05, 0) is 57.4 Å². The maximum absolute atomic E-state index is 12.7. The van der Waals surface area contributed by atoms with Gasteiger partial charge in [0.2, 0.25) is 0 Å². The molecule has 0 fully saturated rings. The van der Waals surface area contributed by atoms with Gasteiger partial charge in [0, 0.05) is 35.9 Å². The molecule has 136 valence electrons. The lowest BCUT2D eigenvalue weighted by Gasteiger charge is -2.12. The average molecular weight is 351 g/mol. The molecular weight excluding hydrogens is 326 g/mol. The third-order valence-electron chi connectivity index (χ3n) is 4.42. The Kier molecular flexibility index (Phi) is 5.28. The maximum Gasteiger partial charge on any atom is 0.259 e. The van der Waals surface area contributed by atoms with E-state index >= 15 is 0 Å². The SMILES string of the molecule is COc1ccc(C)cc1C(=O)Nc1ccc2c(ccn2CCN(C)C)c1. The van der Waals surface area contributed by atoms with Crippen LogP contribution in [0.2, 0.25) is 0 Å². The zero-order valence-electron chi connectivity index (χ0n) is 15.7. The molecule has 0 saturated heterocycles. The van der Waals surface area contributed by atoms with Crippen LogP contribution in [0.5, 0.6) is 5.75 Å². The van der Waals surface area contributed by atoms with Gasteiger partial charge in [0.05, 0.1) is 12.7 Å². The number of aromatic nitrogens is 1. The molecule has 0 bridgehead atoms. The van der Waals surface area contributed by atoms with Crippen LogP contribution in [0, 0.1) is 6.92 Å². The molecule has 0 aliphatic heterocycles. The van der Waals surface area contributed by atoms with Crippen LogP contribution < -0.4 is 10.1 Å². The lowest BCUT2D eigenvalue weighted by molar-refractivity contribution is 0.102. The lowest BCUT2D eigenvalue weighted by atomic mass is 10.1. The fourth-order valence-corrected chi connectivity index (χ4v) is 2.98. The number of carbonyl (C=O) groups is 1. The largest absolute Gasteiger partial charge is 0.496 e. The minimum absolute atomic E-state index is 0.169. The van der Waals surface area contributed by atoms with Gasteiger partial charge in [-0.1, -0.05) is 11.6 Å². The highest BCUT2D eigenvalue weighted by molar-refractivity contribution is 6.07. The smallest absolute Gasteiger partial charge is 0.259 e. The van der Waals surface area contributed by atoms with Gasteiger partial charge < -0.3 is 19.5 Å². The third-order valence-corrected chi connectivity index (χ3v) is 4.42. The van der Waals surface area contributed by atoms with E-state index in [2.05, 4.69) is 41.1 Å². The van der Waals surface area contributed by atoms with Crippen molar-refractivity contribution in [2.24, 2.45) is 0 Å². The van der Waals surface area contributed by atoms with Crippen molar-refractivity contribution in [2.45, 2.75) is 13.5 Å². The first-order valence-corrected chi connectivity index (χ1v) is 8.67. The van der Waals surface area contributed by atoms with Crippen molar-refractivity contribution >= 4 is 22.5 Å². The summed E-state index contributed by atoms with van der Waals surface area (Å²) in [4.78, 5) is 14.8. The fourth-order valence-electron chi connectivity index (χ4n) is 2.98. The number of nitrogens with one attached hydrogen (secondary N) is 1. The zero-order valence-corrected chi connectivity index (χ0v) is 15.7. The van der Waals surface area contributed by atoms with Gasteiger partial charge >= 0.3 is 0 Å². The molecule has 5 heteroatoms. The Morgan fingerprint density at radius 2 is 1.96 bits per heavy atom. The molecular formula is C21H25N3O2. The van der Waals surface area contributed by atoms with Crippen LogP contribution in [0.4, 0.5) is 5.69 Å². The number of aryl methyl sites for hydroxylation is 1. The quantitative estimate of drug-likeness (QED) is 0.735. The minimum atomic E-state index is -0.169. The number of benzene rings is 2. The Hall–Kier alpha value is -2.79. The second-order valence-electron chi connectivity index (χ2n) is 6.74. The summed E-state index contributed by atoms with van der Waals surface area (Å²) in [6.45, 7) is 3.87. The summed E-state index contributed by atoms with van der Waals surface area (Å²) in [6, 6.07) is 13.7. The van der Waals surface area contributed by atoms with E-state index in [4.69, 9.17) is 4.74 Å². The lowest BCUT2D eigenvalue weighted by Crippen LogP contribution is -2.17. The van der Waals surface area contributed by atoms with Crippen LogP contribution in [0.15, 0.2) is 48.7 Å². The van der Waals surface area contributed by atoms with Crippen molar-refractivity contribution < 1.29 is 9.53 Å². The molecule has 0 aliphatic carbocycles. The Balaban J connectivity index is 1.81. The number of methoxy groups -OCH3 is 1.